The number of amides is 1. The average molecular weight is 356 g/mol. The Bertz CT molecular complexity index is 806. The first-order chi connectivity index (χ1) is 12.4. The summed E-state index contributed by atoms with van der Waals surface area (Å²) in [6.07, 6.45) is 2.12. The van der Waals surface area contributed by atoms with Crippen LogP contribution in [0.5, 0.6) is 5.75 Å². The predicted octanol–water partition coefficient (Wildman–Crippen LogP) is 2.94. The molecule has 0 aliphatic heterocycles. The van der Waals surface area contributed by atoms with Crippen LogP contribution >= 0.6 is 0 Å². The van der Waals surface area contributed by atoms with E-state index >= 15 is 0 Å². The number of nitrogens with zero attached hydrogens (tertiary/aromatic N) is 1. The molecule has 2 aromatic rings. The largest absolute Gasteiger partial charge is 0.493 e. The Kier molecular flexibility index (Phi) is 5.11. The molecule has 0 saturated carbocycles. The summed E-state index contributed by atoms with van der Waals surface area (Å²) < 4.78 is 11.0. The monoisotopic (exact) mass is 356 g/mol. The molecule has 1 heterocycles. The Hall–Kier alpha value is -2.63. The van der Waals surface area contributed by atoms with Crippen molar-refractivity contribution in [3.8, 4) is 5.75 Å². The highest BCUT2D eigenvalue weighted by atomic mass is 16.5. The number of hydrogen-bond acceptors (Lipinski definition) is 5. The van der Waals surface area contributed by atoms with Gasteiger partial charge in [-0.05, 0) is 29.5 Å². The van der Waals surface area contributed by atoms with Gasteiger partial charge in [0.2, 0.25) is 5.91 Å². The molecule has 1 N–H and O–H groups in total. The summed E-state index contributed by atoms with van der Waals surface area (Å²) >= 11 is 0. The molecule has 0 fully saturated rings. The molecule has 3 rings (SSSR count). The molecule has 26 heavy (non-hydrogen) atoms. The number of hydrogen-bond donors (Lipinski definition) is 1. The highest BCUT2D eigenvalue weighted by molar-refractivity contribution is 5.99. The second kappa shape index (κ2) is 7.32. The molecule has 0 radical (unpaired) electrons. The number of aromatic nitrogens is 1. The van der Waals surface area contributed by atoms with Crippen molar-refractivity contribution in [1.82, 2.24) is 10.5 Å². The van der Waals surface area contributed by atoms with Crippen LogP contribution in [-0.4, -0.2) is 30.5 Å². The summed E-state index contributed by atoms with van der Waals surface area (Å²) in [5, 5.41) is 6.68. The summed E-state index contributed by atoms with van der Waals surface area (Å²) in [5.74, 6) is 1.40. The SMILES string of the molecule is CNC(=O)CCOc1ccc(Cc2onc3c2C(=O)CC(C)(C)C3)cc1. The van der Waals surface area contributed by atoms with Gasteiger partial charge in [-0.3, -0.25) is 9.59 Å². The van der Waals surface area contributed by atoms with Crippen molar-refractivity contribution in [3.05, 3.63) is 46.8 Å². The van der Waals surface area contributed by atoms with Crippen LogP contribution in [0.4, 0.5) is 0 Å². The Labute approximate surface area is 152 Å². The third kappa shape index (κ3) is 4.12. The summed E-state index contributed by atoms with van der Waals surface area (Å²) in [4.78, 5) is 23.7. The van der Waals surface area contributed by atoms with Gasteiger partial charge < -0.3 is 14.6 Å². The van der Waals surface area contributed by atoms with Gasteiger partial charge in [-0.25, -0.2) is 0 Å². The number of nitrogens with one attached hydrogen (secondary N) is 1. The first-order valence-electron chi connectivity index (χ1n) is 8.81. The number of benzene rings is 1. The van der Waals surface area contributed by atoms with E-state index < -0.39 is 0 Å². The van der Waals surface area contributed by atoms with E-state index in [2.05, 4.69) is 24.3 Å². The van der Waals surface area contributed by atoms with Crippen LogP contribution < -0.4 is 10.1 Å². The van der Waals surface area contributed by atoms with Gasteiger partial charge >= 0.3 is 0 Å². The van der Waals surface area contributed by atoms with Crippen LogP contribution in [0.2, 0.25) is 0 Å². The molecule has 0 unspecified atom stereocenters. The third-order valence-corrected chi connectivity index (χ3v) is 4.56. The maximum atomic E-state index is 12.5. The fourth-order valence-corrected chi connectivity index (χ4v) is 3.23. The second-order valence-electron chi connectivity index (χ2n) is 7.46. The van der Waals surface area contributed by atoms with Gasteiger partial charge in [0.1, 0.15) is 5.75 Å². The van der Waals surface area contributed by atoms with Crippen LogP contribution in [0.1, 0.15) is 54.1 Å². The van der Waals surface area contributed by atoms with Crippen LogP contribution in [-0.2, 0) is 17.6 Å². The Morgan fingerprint density at radius 2 is 2.00 bits per heavy atom. The maximum Gasteiger partial charge on any atom is 0.223 e. The zero-order chi connectivity index (χ0) is 18.7. The lowest BCUT2D eigenvalue weighted by atomic mass is 9.75. The van der Waals surface area contributed by atoms with Crippen molar-refractivity contribution in [3.63, 3.8) is 0 Å². The molecule has 1 aromatic heterocycles. The summed E-state index contributed by atoms with van der Waals surface area (Å²) in [5.41, 5.74) is 2.39. The van der Waals surface area contributed by atoms with Crippen LogP contribution in [0.3, 0.4) is 0 Å². The predicted molar refractivity (Wildman–Crippen MR) is 96.4 cm³/mol. The quantitative estimate of drug-likeness (QED) is 0.861. The van der Waals surface area contributed by atoms with Gasteiger partial charge in [-0.15, -0.1) is 0 Å². The molecule has 1 aromatic carbocycles. The van der Waals surface area contributed by atoms with Crippen molar-refractivity contribution in [2.24, 2.45) is 5.41 Å². The van der Waals surface area contributed by atoms with Gasteiger partial charge in [-0.1, -0.05) is 31.1 Å². The number of fused-ring (bicyclic) bond motifs is 1. The van der Waals surface area contributed by atoms with Gasteiger partial charge in [0.25, 0.3) is 0 Å². The lowest BCUT2D eigenvalue weighted by molar-refractivity contribution is -0.121. The summed E-state index contributed by atoms with van der Waals surface area (Å²) in [6, 6.07) is 7.57. The number of Topliss-reactive ketones (excluding diaryl/α,β-unsaturated/α-hetero) is 1. The number of carbonyl (C=O) groups is 2. The first-order valence-corrected chi connectivity index (χ1v) is 8.81. The molecule has 6 nitrogen and oxygen atoms in total. The molecule has 0 spiro atoms. The van der Waals surface area contributed by atoms with Crippen LogP contribution in [0.25, 0.3) is 0 Å². The topological polar surface area (TPSA) is 81.4 Å². The Morgan fingerprint density at radius 1 is 1.27 bits per heavy atom. The zero-order valence-corrected chi connectivity index (χ0v) is 15.4. The average Bonchev–Trinajstić information content (AvgIpc) is 2.97. The third-order valence-electron chi connectivity index (χ3n) is 4.56. The fraction of sp³-hybridized carbons (Fsp3) is 0.450. The van der Waals surface area contributed by atoms with Gasteiger partial charge in [-0.2, -0.15) is 0 Å². The Morgan fingerprint density at radius 3 is 2.69 bits per heavy atom. The molecule has 1 amide bonds. The van der Waals surface area contributed by atoms with E-state index in [9.17, 15) is 9.59 Å². The van der Waals surface area contributed by atoms with Gasteiger partial charge in [0.15, 0.2) is 11.5 Å². The standard InChI is InChI=1S/C20H24N2O4/c1-20(2)11-15-19(16(23)12-20)17(26-22-15)10-13-4-6-14(7-5-13)25-9-8-18(24)21-3/h4-7H,8-12H2,1-3H3,(H,21,24). The molecule has 0 atom stereocenters. The fourth-order valence-electron chi connectivity index (χ4n) is 3.23. The molecule has 1 aliphatic rings. The van der Waals surface area contributed by atoms with E-state index in [0.29, 0.717) is 42.9 Å². The van der Waals surface area contributed by atoms with E-state index in [4.69, 9.17) is 9.26 Å². The molecular formula is C20H24N2O4. The van der Waals surface area contributed by atoms with Crippen LogP contribution in [0, 0.1) is 5.41 Å². The molecule has 1 aliphatic carbocycles. The molecule has 0 bridgehead atoms. The molecular weight excluding hydrogens is 332 g/mol. The minimum absolute atomic E-state index is 0.0513. The minimum atomic E-state index is -0.0636. The van der Waals surface area contributed by atoms with Crippen molar-refractivity contribution in [2.45, 2.75) is 39.5 Å². The number of ether oxygens (including phenoxy) is 1. The second-order valence-corrected chi connectivity index (χ2v) is 7.46. The first kappa shape index (κ1) is 18.2. The van der Waals surface area contributed by atoms with E-state index in [0.717, 1.165) is 17.7 Å². The van der Waals surface area contributed by atoms with Crippen molar-refractivity contribution >= 4 is 11.7 Å². The summed E-state index contributed by atoms with van der Waals surface area (Å²) in [6.45, 7) is 4.48. The number of rotatable bonds is 6. The van der Waals surface area contributed by atoms with E-state index in [-0.39, 0.29) is 17.1 Å². The maximum absolute atomic E-state index is 12.5. The smallest absolute Gasteiger partial charge is 0.223 e. The van der Waals surface area contributed by atoms with Gasteiger partial charge in [0.05, 0.1) is 24.3 Å². The lowest BCUT2D eigenvalue weighted by Gasteiger charge is -2.26. The Balaban J connectivity index is 1.65. The molecule has 138 valence electrons. The van der Waals surface area contributed by atoms with E-state index in [1.807, 2.05) is 24.3 Å². The van der Waals surface area contributed by atoms with Crippen molar-refractivity contribution < 1.29 is 18.8 Å². The highest BCUT2D eigenvalue weighted by Gasteiger charge is 2.35. The zero-order valence-electron chi connectivity index (χ0n) is 15.4. The van der Waals surface area contributed by atoms with E-state index in [1.54, 1.807) is 7.05 Å². The molecule has 0 saturated heterocycles. The van der Waals surface area contributed by atoms with Gasteiger partial charge in [0, 0.05) is 19.9 Å². The highest BCUT2D eigenvalue weighted by Crippen LogP contribution is 2.36. The number of carbonyl (C=O) groups excluding carboxylic acids is 2. The number of ketones is 1. The minimum Gasteiger partial charge on any atom is -0.493 e. The summed E-state index contributed by atoms with van der Waals surface area (Å²) in [7, 11) is 1.60. The van der Waals surface area contributed by atoms with E-state index in [1.165, 1.54) is 0 Å². The van der Waals surface area contributed by atoms with Crippen molar-refractivity contribution in [1.29, 1.82) is 0 Å². The van der Waals surface area contributed by atoms with Crippen LogP contribution in [0.15, 0.2) is 28.8 Å². The lowest BCUT2D eigenvalue weighted by Crippen LogP contribution is -2.27. The van der Waals surface area contributed by atoms with Crippen molar-refractivity contribution in [2.75, 3.05) is 13.7 Å². The molecule has 6 heteroatoms. The normalized spacial score (nSPS) is 15.4.